The van der Waals surface area contributed by atoms with Gasteiger partial charge in [0.1, 0.15) is 10.6 Å². The quantitative estimate of drug-likeness (QED) is 0.812. The van der Waals surface area contributed by atoms with Gasteiger partial charge in [-0.3, -0.25) is 4.79 Å². The minimum absolute atomic E-state index is 0.0238. The molecule has 0 fully saturated rings. The Hall–Kier alpha value is -1.27. The zero-order valence-corrected chi connectivity index (χ0v) is 14.1. The van der Waals surface area contributed by atoms with Crippen molar-refractivity contribution in [1.29, 1.82) is 0 Å². The van der Waals surface area contributed by atoms with Gasteiger partial charge in [-0.25, -0.2) is 8.42 Å². The van der Waals surface area contributed by atoms with Crippen LogP contribution in [0.5, 0.6) is 5.75 Å². The molecule has 7 heteroatoms. The topological polar surface area (TPSA) is 72.5 Å². The molecule has 1 N–H and O–H groups in total. The molecule has 0 aliphatic heterocycles. The highest BCUT2D eigenvalue weighted by atomic mass is 35.7. The fourth-order valence-electron chi connectivity index (χ4n) is 2.00. The van der Waals surface area contributed by atoms with E-state index in [-0.39, 0.29) is 34.1 Å². The van der Waals surface area contributed by atoms with E-state index >= 15 is 0 Å². The predicted molar refractivity (Wildman–Crippen MR) is 82.4 cm³/mol. The highest BCUT2D eigenvalue weighted by Crippen LogP contribution is 2.27. The molecule has 118 valence electrons. The van der Waals surface area contributed by atoms with Crippen molar-refractivity contribution in [2.75, 3.05) is 7.11 Å². The first-order chi connectivity index (χ1) is 9.70. The smallest absolute Gasteiger partial charge is 0.265 e. The highest BCUT2D eigenvalue weighted by molar-refractivity contribution is 8.13. The van der Waals surface area contributed by atoms with Gasteiger partial charge in [0.15, 0.2) is 0 Å². The van der Waals surface area contributed by atoms with E-state index < -0.39 is 9.05 Å². The van der Waals surface area contributed by atoms with E-state index in [1.165, 1.54) is 25.3 Å². The first kappa shape index (κ1) is 17.8. The van der Waals surface area contributed by atoms with Crippen molar-refractivity contribution in [3.63, 3.8) is 0 Å². The Kier molecular flexibility index (Phi) is 6.04. The Bertz CT molecular complexity index is 613. The molecular formula is C14H20ClNO4S. The lowest BCUT2D eigenvalue weighted by atomic mass is 10.0. The molecule has 0 aromatic heterocycles. The van der Waals surface area contributed by atoms with E-state index in [0.717, 1.165) is 6.42 Å². The fourth-order valence-corrected chi connectivity index (χ4v) is 3.02. The summed E-state index contributed by atoms with van der Waals surface area (Å²) in [4.78, 5) is 12.0. The molecule has 1 unspecified atom stereocenters. The summed E-state index contributed by atoms with van der Waals surface area (Å²) < 4.78 is 28.0. The minimum Gasteiger partial charge on any atom is -0.495 e. The van der Waals surface area contributed by atoms with Crippen LogP contribution in [0, 0.1) is 5.92 Å². The molecule has 1 aromatic rings. The number of methoxy groups -OCH3 is 1. The number of amides is 1. The van der Waals surface area contributed by atoms with Gasteiger partial charge in [0.2, 0.25) is 0 Å². The maximum Gasteiger partial charge on any atom is 0.265 e. The number of ether oxygens (including phenoxy) is 1. The number of halogens is 1. The maximum absolute atomic E-state index is 12.2. The monoisotopic (exact) mass is 333 g/mol. The normalized spacial score (nSPS) is 13.0. The molecule has 1 aromatic carbocycles. The van der Waals surface area contributed by atoms with Gasteiger partial charge in [-0.15, -0.1) is 0 Å². The third-order valence-corrected chi connectivity index (χ3v) is 4.59. The predicted octanol–water partition coefficient (Wildman–Crippen LogP) is 2.79. The molecule has 0 aliphatic rings. The molecular weight excluding hydrogens is 314 g/mol. The maximum atomic E-state index is 12.2. The Morgan fingerprint density at radius 3 is 2.43 bits per heavy atom. The van der Waals surface area contributed by atoms with Crippen LogP contribution in [0.25, 0.3) is 0 Å². The molecule has 5 nitrogen and oxygen atoms in total. The number of carbonyl (C=O) groups is 1. The summed E-state index contributed by atoms with van der Waals surface area (Å²) in [7, 11) is 2.72. The third kappa shape index (κ3) is 4.61. The Balaban J connectivity index is 3.12. The molecule has 0 spiro atoms. The summed E-state index contributed by atoms with van der Waals surface area (Å²) in [5.74, 6) is 0.0608. The Labute approximate surface area is 130 Å². The van der Waals surface area contributed by atoms with Gasteiger partial charge in [0.25, 0.3) is 15.0 Å². The number of benzene rings is 1. The van der Waals surface area contributed by atoms with Crippen LogP contribution >= 0.6 is 10.7 Å². The first-order valence-corrected chi connectivity index (χ1v) is 8.95. The molecule has 1 amide bonds. The average Bonchev–Trinajstić information content (AvgIpc) is 2.42. The second kappa shape index (κ2) is 7.13. The fraction of sp³-hybridized carbons (Fsp3) is 0.500. The van der Waals surface area contributed by atoms with Gasteiger partial charge in [-0.1, -0.05) is 20.8 Å². The second-order valence-corrected chi connectivity index (χ2v) is 7.57. The van der Waals surface area contributed by atoms with Crippen LogP contribution in [0.15, 0.2) is 23.1 Å². The summed E-state index contributed by atoms with van der Waals surface area (Å²) >= 11 is 0. The highest BCUT2D eigenvalue weighted by Gasteiger charge is 2.21. The second-order valence-electron chi connectivity index (χ2n) is 5.04. The van der Waals surface area contributed by atoms with Crippen molar-refractivity contribution >= 4 is 25.6 Å². The molecule has 0 bridgehead atoms. The molecule has 1 rings (SSSR count). The van der Waals surface area contributed by atoms with E-state index in [9.17, 15) is 13.2 Å². The van der Waals surface area contributed by atoms with Crippen molar-refractivity contribution in [1.82, 2.24) is 5.32 Å². The van der Waals surface area contributed by atoms with Crippen molar-refractivity contribution in [2.24, 2.45) is 5.92 Å². The lowest BCUT2D eigenvalue weighted by Gasteiger charge is -2.21. The zero-order chi connectivity index (χ0) is 16.2. The third-order valence-electron chi connectivity index (χ3n) is 3.25. The number of rotatable bonds is 6. The van der Waals surface area contributed by atoms with Gasteiger partial charge in [0.05, 0.1) is 7.11 Å². The van der Waals surface area contributed by atoms with Crippen LogP contribution in [-0.4, -0.2) is 27.5 Å². The van der Waals surface area contributed by atoms with Crippen molar-refractivity contribution in [3.05, 3.63) is 23.8 Å². The minimum atomic E-state index is -3.98. The van der Waals surface area contributed by atoms with Gasteiger partial charge in [-0.05, 0) is 30.5 Å². The average molecular weight is 334 g/mol. The van der Waals surface area contributed by atoms with E-state index in [1.54, 1.807) is 0 Å². The standard InChI is InChI=1S/C14H20ClNO4S/c1-5-11(9(2)3)16-14(17)10-6-7-12(20-4)13(8-10)21(15,18)19/h6-9,11H,5H2,1-4H3,(H,16,17). The Morgan fingerprint density at radius 2 is 2.00 bits per heavy atom. The van der Waals surface area contributed by atoms with Gasteiger partial charge >= 0.3 is 0 Å². The summed E-state index contributed by atoms with van der Waals surface area (Å²) in [6, 6.07) is 4.17. The zero-order valence-electron chi connectivity index (χ0n) is 12.5. The summed E-state index contributed by atoms with van der Waals surface area (Å²) in [6.07, 6.45) is 0.792. The van der Waals surface area contributed by atoms with Gasteiger partial charge in [0, 0.05) is 22.3 Å². The molecule has 0 aliphatic carbocycles. The molecule has 0 heterocycles. The lowest BCUT2D eigenvalue weighted by molar-refractivity contribution is 0.0924. The molecule has 0 saturated heterocycles. The van der Waals surface area contributed by atoms with Crippen molar-refractivity contribution < 1.29 is 17.9 Å². The number of nitrogens with one attached hydrogen (secondary N) is 1. The van der Waals surface area contributed by atoms with Gasteiger partial charge < -0.3 is 10.1 Å². The van der Waals surface area contributed by atoms with Crippen molar-refractivity contribution in [3.8, 4) is 5.75 Å². The molecule has 0 radical (unpaired) electrons. The van der Waals surface area contributed by atoms with Gasteiger partial charge in [-0.2, -0.15) is 0 Å². The summed E-state index contributed by atoms with van der Waals surface area (Å²) in [5.41, 5.74) is 0.231. The van der Waals surface area contributed by atoms with E-state index in [2.05, 4.69) is 5.32 Å². The van der Waals surface area contributed by atoms with E-state index in [0.29, 0.717) is 0 Å². The van der Waals surface area contributed by atoms with E-state index in [4.69, 9.17) is 15.4 Å². The summed E-state index contributed by atoms with van der Waals surface area (Å²) in [5, 5.41) is 2.88. The molecule has 21 heavy (non-hydrogen) atoms. The van der Waals surface area contributed by atoms with Crippen LogP contribution in [0.3, 0.4) is 0 Å². The molecule has 0 saturated carbocycles. The number of hydrogen-bond donors (Lipinski definition) is 1. The first-order valence-electron chi connectivity index (χ1n) is 6.64. The van der Waals surface area contributed by atoms with Crippen LogP contribution in [0.4, 0.5) is 0 Å². The lowest BCUT2D eigenvalue weighted by Crippen LogP contribution is -2.38. The van der Waals surface area contributed by atoms with Crippen LogP contribution in [0.1, 0.15) is 37.6 Å². The van der Waals surface area contributed by atoms with Crippen LogP contribution in [-0.2, 0) is 9.05 Å². The largest absolute Gasteiger partial charge is 0.495 e. The van der Waals surface area contributed by atoms with Crippen LogP contribution in [0.2, 0.25) is 0 Å². The number of carbonyl (C=O) groups excluding carboxylic acids is 1. The SMILES string of the molecule is CCC(NC(=O)c1ccc(OC)c(S(=O)(=O)Cl)c1)C(C)C. The number of hydrogen-bond acceptors (Lipinski definition) is 4. The Morgan fingerprint density at radius 1 is 1.38 bits per heavy atom. The van der Waals surface area contributed by atoms with Crippen molar-refractivity contribution in [2.45, 2.75) is 38.1 Å². The molecule has 1 atom stereocenters. The van der Waals surface area contributed by atoms with Crippen LogP contribution < -0.4 is 10.1 Å². The van der Waals surface area contributed by atoms with E-state index in [1.807, 2.05) is 20.8 Å². The summed E-state index contributed by atoms with van der Waals surface area (Å²) in [6.45, 7) is 6.00.